The van der Waals surface area contributed by atoms with Crippen LogP contribution in [0, 0.1) is 0 Å². The first-order valence-electron chi connectivity index (χ1n) is 5.92. The Balaban J connectivity index is 2.19. The summed E-state index contributed by atoms with van der Waals surface area (Å²) in [6.45, 7) is 0. The van der Waals surface area contributed by atoms with Crippen molar-refractivity contribution in [3.63, 3.8) is 0 Å². The number of aromatic nitrogens is 1. The molecule has 0 atom stereocenters. The molecule has 0 bridgehead atoms. The van der Waals surface area contributed by atoms with E-state index < -0.39 is 12.1 Å². The molecule has 0 spiro atoms. The van der Waals surface area contributed by atoms with Gasteiger partial charge in [-0.1, -0.05) is 35.8 Å². The summed E-state index contributed by atoms with van der Waals surface area (Å²) in [6.07, 6.45) is -4.81. The van der Waals surface area contributed by atoms with Crippen LogP contribution in [0.2, 0.25) is 0 Å². The zero-order valence-electron chi connectivity index (χ0n) is 10.4. The average Bonchev–Trinajstić information content (AvgIpc) is 2.76. The number of hydrogen-bond donors (Lipinski definition) is 0. The summed E-state index contributed by atoms with van der Waals surface area (Å²) in [7, 11) is 0. The zero-order valence-corrected chi connectivity index (χ0v) is 11.2. The van der Waals surface area contributed by atoms with Crippen molar-refractivity contribution >= 4 is 21.6 Å². The second kappa shape index (κ2) is 4.92. The molecule has 1 heterocycles. The van der Waals surface area contributed by atoms with Gasteiger partial charge in [-0.25, -0.2) is 3.96 Å². The van der Waals surface area contributed by atoms with E-state index >= 15 is 0 Å². The predicted molar refractivity (Wildman–Crippen MR) is 74.1 cm³/mol. The van der Waals surface area contributed by atoms with E-state index in [0.29, 0.717) is 10.1 Å². The summed E-state index contributed by atoms with van der Waals surface area (Å²) < 4.78 is 43.2. The van der Waals surface area contributed by atoms with Gasteiger partial charge in [-0.15, -0.1) is 13.2 Å². The summed E-state index contributed by atoms with van der Waals surface area (Å²) >= 11 is 1.07. The molecule has 1 aromatic heterocycles. The van der Waals surface area contributed by atoms with Gasteiger partial charge in [0, 0.05) is 0 Å². The van der Waals surface area contributed by atoms with Gasteiger partial charge in [0.2, 0.25) is 0 Å². The largest absolute Gasteiger partial charge is 0.573 e. The Morgan fingerprint density at radius 2 is 1.67 bits per heavy atom. The Bertz CT molecular complexity index is 851. The number of benzene rings is 2. The molecule has 21 heavy (non-hydrogen) atoms. The van der Waals surface area contributed by atoms with E-state index in [1.807, 2.05) is 0 Å². The molecule has 0 N–H and O–H groups in total. The minimum absolute atomic E-state index is 0.0704. The van der Waals surface area contributed by atoms with Crippen LogP contribution in [0.5, 0.6) is 5.75 Å². The van der Waals surface area contributed by atoms with Crippen LogP contribution < -0.4 is 10.3 Å². The van der Waals surface area contributed by atoms with Crippen LogP contribution >= 0.6 is 11.5 Å². The number of para-hydroxylation sites is 2. The molecule has 0 fully saturated rings. The van der Waals surface area contributed by atoms with Gasteiger partial charge in [0.25, 0.3) is 5.56 Å². The molecule has 0 unspecified atom stereocenters. The van der Waals surface area contributed by atoms with Crippen molar-refractivity contribution in [2.45, 2.75) is 6.36 Å². The van der Waals surface area contributed by atoms with Gasteiger partial charge < -0.3 is 4.74 Å². The fourth-order valence-corrected chi connectivity index (χ4v) is 2.99. The van der Waals surface area contributed by atoms with Gasteiger partial charge in [-0.2, -0.15) is 0 Å². The quantitative estimate of drug-likeness (QED) is 0.717. The highest BCUT2D eigenvalue weighted by atomic mass is 32.1. The lowest BCUT2D eigenvalue weighted by Gasteiger charge is -2.12. The van der Waals surface area contributed by atoms with Crippen LogP contribution in [-0.4, -0.2) is 10.3 Å². The number of alkyl halides is 3. The lowest BCUT2D eigenvalue weighted by molar-refractivity contribution is -0.274. The molecule has 0 saturated carbocycles. The lowest BCUT2D eigenvalue weighted by atomic mass is 10.2. The third-order valence-electron chi connectivity index (χ3n) is 2.80. The highest BCUT2D eigenvalue weighted by molar-refractivity contribution is 7.14. The molecule has 3 rings (SSSR count). The van der Waals surface area contributed by atoms with Gasteiger partial charge in [0.05, 0.1) is 10.1 Å². The van der Waals surface area contributed by atoms with Crippen LogP contribution in [0.3, 0.4) is 0 Å². The molecule has 3 aromatic rings. The summed E-state index contributed by atoms with van der Waals surface area (Å²) in [5, 5.41) is 0.462. The van der Waals surface area contributed by atoms with Crippen molar-refractivity contribution in [3.05, 3.63) is 58.9 Å². The van der Waals surface area contributed by atoms with Crippen molar-refractivity contribution in [3.8, 4) is 11.4 Å². The first kappa shape index (κ1) is 13.7. The molecular weight excluding hydrogens is 303 g/mol. The highest BCUT2D eigenvalue weighted by Crippen LogP contribution is 2.30. The lowest BCUT2D eigenvalue weighted by Crippen LogP contribution is -2.19. The smallest absolute Gasteiger partial charge is 0.404 e. The molecule has 0 amide bonds. The highest BCUT2D eigenvalue weighted by Gasteiger charge is 2.32. The van der Waals surface area contributed by atoms with Crippen LogP contribution in [0.15, 0.2) is 53.3 Å². The van der Waals surface area contributed by atoms with E-state index in [-0.39, 0.29) is 11.2 Å². The molecule has 0 radical (unpaired) electrons. The Hall–Kier alpha value is -2.28. The van der Waals surface area contributed by atoms with Crippen LogP contribution in [-0.2, 0) is 0 Å². The van der Waals surface area contributed by atoms with E-state index in [4.69, 9.17) is 0 Å². The van der Waals surface area contributed by atoms with Gasteiger partial charge >= 0.3 is 6.36 Å². The molecular formula is C14H8F3NO2S. The molecule has 7 heteroatoms. The van der Waals surface area contributed by atoms with Crippen LogP contribution in [0.4, 0.5) is 13.2 Å². The number of hydrogen-bond acceptors (Lipinski definition) is 3. The molecule has 0 aliphatic carbocycles. The van der Waals surface area contributed by atoms with E-state index in [0.717, 1.165) is 11.5 Å². The van der Waals surface area contributed by atoms with Crippen molar-refractivity contribution in [2.24, 2.45) is 0 Å². The SMILES string of the molecule is O=c1c2ccccc2sn1-c1ccccc1OC(F)(F)F. The number of rotatable bonds is 2. The standard InChI is InChI=1S/C14H8F3NO2S/c15-14(16,17)20-11-7-3-2-6-10(11)18-13(19)9-5-1-4-8-12(9)21-18/h1-8H. The normalized spacial score (nSPS) is 11.8. The third kappa shape index (κ3) is 2.64. The topological polar surface area (TPSA) is 31.2 Å². The zero-order chi connectivity index (χ0) is 15.0. The third-order valence-corrected chi connectivity index (χ3v) is 3.90. The number of ether oxygens (including phenoxy) is 1. The summed E-state index contributed by atoms with van der Waals surface area (Å²) in [4.78, 5) is 12.3. The van der Waals surface area contributed by atoms with E-state index in [2.05, 4.69) is 4.74 Å². The molecule has 0 saturated heterocycles. The van der Waals surface area contributed by atoms with Gasteiger partial charge in [-0.05, 0) is 24.3 Å². The summed E-state index contributed by atoms with van der Waals surface area (Å²) in [6, 6.07) is 12.4. The maximum atomic E-state index is 12.4. The van der Waals surface area contributed by atoms with Crippen LogP contribution in [0.25, 0.3) is 15.8 Å². The fourth-order valence-electron chi connectivity index (χ4n) is 1.97. The summed E-state index contributed by atoms with van der Waals surface area (Å²) in [5.41, 5.74) is -0.296. The Morgan fingerprint density at radius 1 is 1.00 bits per heavy atom. The number of nitrogens with zero attached hydrogens (tertiary/aromatic N) is 1. The Labute approximate surface area is 121 Å². The minimum atomic E-state index is -4.81. The van der Waals surface area contributed by atoms with E-state index in [1.165, 1.54) is 22.2 Å². The maximum Gasteiger partial charge on any atom is 0.573 e. The first-order chi connectivity index (χ1) is 9.96. The maximum absolute atomic E-state index is 12.4. The number of halogens is 3. The van der Waals surface area contributed by atoms with Gasteiger partial charge in [-0.3, -0.25) is 4.79 Å². The predicted octanol–water partition coefficient (Wildman–Crippen LogP) is 3.95. The van der Waals surface area contributed by atoms with Gasteiger partial charge in [0.15, 0.2) is 5.75 Å². The second-order valence-electron chi connectivity index (χ2n) is 4.20. The number of fused-ring (bicyclic) bond motifs is 1. The molecule has 2 aromatic carbocycles. The Morgan fingerprint density at radius 3 is 2.38 bits per heavy atom. The monoisotopic (exact) mass is 311 g/mol. The van der Waals surface area contributed by atoms with Crippen molar-refractivity contribution in [1.29, 1.82) is 0 Å². The van der Waals surface area contributed by atoms with Gasteiger partial charge in [0.1, 0.15) is 5.69 Å². The Kier molecular flexibility index (Phi) is 3.21. The molecule has 0 aliphatic heterocycles. The second-order valence-corrected chi connectivity index (χ2v) is 5.19. The molecule has 3 nitrogen and oxygen atoms in total. The van der Waals surface area contributed by atoms with Crippen molar-refractivity contribution in [1.82, 2.24) is 3.96 Å². The fraction of sp³-hybridized carbons (Fsp3) is 0.0714. The van der Waals surface area contributed by atoms with E-state index in [1.54, 1.807) is 30.3 Å². The first-order valence-corrected chi connectivity index (χ1v) is 6.69. The molecule has 108 valence electrons. The van der Waals surface area contributed by atoms with Crippen molar-refractivity contribution in [2.75, 3.05) is 0 Å². The average molecular weight is 311 g/mol. The van der Waals surface area contributed by atoms with Crippen molar-refractivity contribution < 1.29 is 17.9 Å². The van der Waals surface area contributed by atoms with Crippen LogP contribution in [0.1, 0.15) is 0 Å². The molecule has 0 aliphatic rings. The minimum Gasteiger partial charge on any atom is -0.404 e. The summed E-state index contributed by atoms with van der Waals surface area (Å²) in [5.74, 6) is -0.404. The van der Waals surface area contributed by atoms with E-state index in [9.17, 15) is 18.0 Å².